The van der Waals surface area contributed by atoms with E-state index in [0.29, 0.717) is 6.61 Å². The number of carbonyl (C=O) groups is 1. The number of hydrogen-bond acceptors (Lipinski definition) is 4. The molecule has 1 aromatic heterocycles. The van der Waals surface area contributed by atoms with Crippen LogP contribution >= 0.6 is 11.3 Å². The average molecular weight is 425 g/mol. The van der Waals surface area contributed by atoms with Crippen LogP contribution in [0.4, 0.5) is 0 Å². The zero-order chi connectivity index (χ0) is 21.6. The first-order valence-corrected chi connectivity index (χ1v) is 11.9. The molecule has 2 heterocycles. The number of rotatable bonds is 7. The van der Waals surface area contributed by atoms with Gasteiger partial charge in [0.15, 0.2) is 0 Å². The molecule has 0 N–H and O–H groups in total. The molecule has 0 saturated carbocycles. The molecule has 3 nitrogen and oxygen atoms in total. The minimum atomic E-state index is -0.189. The van der Waals surface area contributed by atoms with Crippen molar-refractivity contribution in [2.45, 2.75) is 71.1 Å². The number of carbonyl (C=O) groups excluding carboxylic acids is 1. The second-order valence-corrected chi connectivity index (χ2v) is 8.96. The fourth-order valence-corrected chi connectivity index (χ4v) is 5.26. The summed E-state index contributed by atoms with van der Waals surface area (Å²) in [6.07, 6.45) is 5.02. The maximum atomic E-state index is 12.3. The summed E-state index contributed by atoms with van der Waals surface area (Å²) in [5.41, 5.74) is 2.49. The Balaban J connectivity index is 1.84. The molecule has 1 aromatic carbocycles. The van der Waals surface area contributed by atoms with Crippen molar-refractivity contribution >= 4 is 17.3 Å². The molecule has 2 aromatic rings. The van der Waals surface area contributed by atoms with Crippen molar-refractivity contribution in [2.75, 3.05) is 13.2 Å². The number of hydrogen-bond donors (Lipinski definition) is 0. The van der Waals surface area contributed by atoms with Crippen LogP contribution in [-0.4, -0.2) is 19.2 Å². The van der Waals surface area contributed by atoms with Crippen LogP contribution in [0.2, 0.25) is 0 Å². The van der Waals surface area contributed by atoms with Gasteiger partial charge in [0, 0.05) is 21.4 Å². The van der Waals surface area contributed by atoms with Crippen LogP contribution in [-0.2, 0) is 14.9 Å². The van der Waals surface area contributed by atoms with Crippen LogP contribution in [0.15, 0.2) is 30.3 Å². The zero-order valence-electron chi connectivity index (χ0n) is 18.5. The molecule has 4 heteroatoms. The maximum absolute atomic E-state index is 12.3. The Labute approximate surface area is 184 Å². The topological polar surface area (TPSA) is 35.5 Å². The SMILES string of the molecule is CCCC(C(=O)OCC)c1ccc(C#Cc2ccc3c(c2)C(CC)(CC)CCO3)s1. The highest BCUT2D eigenvalue weighted by Gasteiger charge is 2.34. The third kappa shape index (κ3) is 4.73. The van der Waals surface area contributed by atoms with Crippen molar-refractivity contribution in [3.05, 3.63) is 51.2 Å². The Morgan fingerprint density at radius 2 is 1.97 bits per heavy atom. The summed E-state index contributed by atoms with van der Waals surface area (Å²) >= 11 is 1.59. The fraction of sp³-hybridized carbons (Fsp3) is 0.500. The van der Waals surface area contributed by atoms with Gasteiger partial charge in [0.1, 0.15) is 5.75 Å². The van der Waals surface area contributed by atoms with E-state index >= 15 is 0 Å². The Bertz CT molecular complexity index is 927. The molecule has 1 atom stereocenters. The van der Waals surface area contributed by atoms with Gasteiger partial charge in [-0.15, -0.1) is 11.3 Å². The van der Waals surface area contributed by atoms with Gasteiger partial charge in [-0.3, -0.25) is 4.79 Å². The maximum Gasteiger partial charge on any atom is 0.314 e. The molecular weight excluding hydrogens is 392 g/mol. The summed E-state index contributed by atoms with van der Waals surface area (Å²) in [5, 5.41) is 0. The van der Waals surface area contributed by atoms with Gasteiger partial charge in [-0.2, -0.15) is 0 Å². The lowest BCUT2D eigenvalue weighted by Crippen LogP contribution is -2.31. The highest BCUT2D eigenvalue weighted by atomic mass is 32.1. The number of fused-ring (bicyclic) bond motifs is 1. The van der Waals surface area contributed by atoms with Crippen LogP contribution in [0, 0.1) is 11.8 Å². The van der Waals surface area contributed by atoms with Crippen LogP contribution in [0.5, 0.6) is 5.75 Å². The molecule has 1 aliphatic rings. The lowest BCUT2D eigenvalue weighted by molar-refractivity contribution is -0.145. The minimum Gasteiger partial charge on any atom is -0.493 e. The number of ether oxygens (including phenoxy) is 2. The van der Waals surface area contributed by atoms with Gasteiger partial charge >= 0.3 is 5.97 Å². The van der Waals surface area contributed by atoms with Crippen LogP contribution in [0.3, 0.4) is 0 Å². The Morgan fingerprint density at radius 3 is 2.67 bits per heavy atom. The van der Waals surface area contributed by atoms with Crippen LogP contribution in [0.25, 0.3) is 0 Å². The highest BCUT2D eigenvalue weighted by Crippen LogP contribution is 2.43. The van der Waals surface area contributed by atoms with E-state index in [0.717, 1.165) is 59.8 Å². The standard InChI is InChI=1S/C26H32O3S/c1-5-9-21(25(27)28-8-4)24-15-13-20(30-24)12-10-19-11-14-23-22(18-19)26(6-2,7-3)16-17-29-23/h11,13-15,18,21H,5-9,16-17H2,1-4H3. The second kappa shape index (κ2) is 10.2. The third-order valence-electron chi connectivity index (χ3n) is 6.19. The van der Waals surface area contributed by atoms with E-state index in [9.17, 15) is 4.79 Å². The molecule has 160 valence electrons. The highest BCUT2D eigenvalue weighted by molar-refractivity contribution is 7.12. The predicted molar refractivity (Wildman–Crippen MR) is 123 cm³/mol. The molecular formula is C26H32O3S. The van der Waals surface area contributed by atoms with Gasteiger partial charge < -0.3 is 9.47 Å². The van der Waals surface area contributed by atoms with E-state index < -0.39 is 0 Å². The summed E-state index contributed by atoms with van der Waals surface area (Å²) in [6.45, 7) is 9.67. The molecule has 0 radical (unpaired) electrons. The van der Waals surface area contributed by atoms with Crippen molar-refractivity contribution in [1.82, 2.24) is 0 Å². The van der Waals surface area contributed by atoms with Gasteiger partial charge in [-0.25, -0.2) is 0 Å². The number of thiophene rings is 1. The van der Waals surface area contributed by atoms with E-state index in [-0.39, 0.29) is 17.3 Å². The number of benzene rings is 1. The van der Waals surface area contributed by atoms with Crippen LogP contribution in [0.1, 0.15) is 86.6 Å². The lowest BCUT2D eigenvalue weighted by atomic mass is 9.71. The van der Waals surface area contributed by atoms with Gasteiger partial charge in [0.25, 0.3) is 0 Å². The first-order chi connectivity index (χ1) is 14.6. The van der Waals surface area contributed by atoms with Gasteiger partial charge in [-0.05, 0) is 62.9 Å². The Morgan fingerprint density at radius 1 is 1.17 bits per heavy atom. The van der Waals surface area contributed by atoms with Crippen molar-refractivity contribution in [1.29, 1.82) is 0 Å². The van der Waals surface area contributed by atoms with E-state index in [1.165, 1.54) is 5.56 Å². The lowest BCUT2D eigenvalue weighted by Gasteiger charge is -2.37. The molecule has 30 heavy (non-hydrogen) atoms. The molecule has 3 rings (SSSR count). The fourth-order valence-electron chi connectivity index (χ4n) is 4.27. The summed E-state index contributed by atoms with van der Waals surface area (Å²) in [5.74, 6) is 7.30. The summed E-state index contributed by atoms with van der Waals surface area (Å²) in [4.78, 5) is 14.3. The molecule has 0 bridgehead atoms. The first kappa shape index (κ1) is 22.4. The molecule has 1 unspecified atom stereocenters. The van der Waals surface area contributed by atoms with E-state index in [1.807, 2.05) is 25.1 Å². The monoisotopic (exact) mass is 424 g/mol. The largest absolute Gasteiger partial charge is 0.493 e. The zero-order valence-corrected chi connectivity index (χ0v) is 19.4. The van der Waals surface area contributed by atoms with Crippen molar-refractivity contribution < 1.29 is 14.3 Å². The van der Waals surface area contributed by atoms with E-state index in [4.69, 9.17) is 9.47 Å². The van der Waals surface area contributed by atoms with Gasteiger partial charge in [-0.1, -0.05) is 39.0 Å². The average Bonchev–Trinajstić information content (AvgIpc) is 3.24. The van der Waals surface area contributed by atoms with Gasteiger partial charge in [0.05, 0.1) is 24.0 Å². The van der Waals surface area contributed by atoms with Crippen molar-refractivity contribution in [3.8, 4) is 17.6 Å². The third-order valence-corrected chi connectivity index (χ3v) is 7.31. The smallest absolute Gasteiger partial charge is 0.314 e. The second-order valence-electron chi connectivity index (χ2n) is 7.84. The minimum absolute atomic E-state index is 0.133. The van der Waals surface area contributed by atoms with E-state index in [1.54, 1.807) is 11.3 Å². The Kier molecular flexibility index (Phi) is 7.61. The van der Waals surface area contributed by atoms with Gasteiger partial charge in [0.2, 0.25) is 0 Å². The summed E-state index contributed by atoms with van der Waals surface area (Å²) in [6, 6.07) is 10.4. The first-order valence-electron chi connectivity index (χ1n) is 11.1. The predicted octanol–water partition coefficient (Wildman–Crippen LogP) is 6.44. The van der Waals surface area contributed by atoms with E-state index in [2.05, 4.69) is 44.7 Å². The molecule has 0 aliphatic carbocycles. The molecule has 0 saturated heterocycles. The quantitative estimate of drug-likeness (QED) is 0.379. The number of esters is 1. The molecule has 0 amide bonds. The molecule has 0 spiro atoms. The Hall–Kier alpha value is -2.25. The van der Waals surface area contributed by atoms with Crippen LogP contribution < -0.4 is 4.74 Å². The summed E-state index contributed by atoms with van der Waals surface area (Å²) < 4.78 is 11.2. The van der Waals surface area contributed by atoms with Crippen molar-refractivity contribution in [3.63, 3.8) is 0 Å². The normalized spacial score (nSPS) is 15.3. The molecule has 1 aliphatic heterocycles. The summed E-state index contributed by atoms with van der Waals surface area (Å²) in [7, 11) is 0. The molecule has 0 fully saturated rings. The van der Waals surface area contributed by atoms with Crippen molar-refractivity contribution in [2.24, 2.45) is 0 Å².